The van der Waals surface area contributed by atoms with Crippen molar-refractivity contribution in [3.63, 3.8) is 0 Å². The highest BCUT2D eigenvalue weighted by Crippen LogP contribution is 2.24. The molecule has 102 valence electrons. The summed E-state index contributed by atoms with van der Waals surface area (Å²) in [6.07, 6.45) is 3.41. The Morgan fingerprint density at radius 1 is 1.42 bits per heavy atom. The molecule has 19 heavy (non-hydrogen) atoms. The number of benzene rings is 1. The number of halogens is 2. The van der Waals surface area contributed by atoms with E-state index in [9.17, 15) is 4.39 Å². The lowest BCUT2D eigenvalue weighted by Crippen LogP contribution is -2.19. The molecule has 2 aromatic rings. The van der Waals surface area contributed by atoms with E-state index < -0.39 is 0 Å². The van der Waals surface area contributed by atoms with E-state index in [1.165, 1.54) is 6.07 Å². The molecule has 0 aliphatic heterocycles. The van der Waals surface area contributed by atoms with Gasteiger partial charge in [0.05, 0.1) is 0 Å². The average molecular weight is 282 g/mol. The number of aromatic nitrogens is 2. The standard InChI is InChI=1S/C14H17ClFN3/c1-17-14(6-4-11-7-8-18-19(11)2)12-5-3-10(15)9-13(12)16/h3,5,7-9,14,17H,4,6H2,1-2H3. The van der Waals surface area contributed by atoms with Gasteiger partial charge in [-0.3, -0.25) is 4.68 Å². The highest BCUT2D eigenvalue weighted by Gasteiger charge is 2.15. The zero-order valence-corrected chi connectivity index (χ0v) is 11.8. The smallest absolute Gasteiger partial charge is 0.129 e. The fourth-order valence-corrected chi connectivity index (χ4v) is 2.34. The normalized spacial score (nSPS) is 12.6. The third kappa shape index (κ3) is 3.33. The Morgan fingerprint density at radius 3 is 2.79 bits per heavy atom. The fraction of sp³-hybridized carbons (Fsp3) is 0.357. The monoisotopic (exact) mass is 281 g/mol. The topological polar surface area (TPSA) is 29.9 Å². The van der Waals surface area contributed by atoms with Crippen molar-refractivity contribution < 1.29 is 4.39 Å². The van der Waals surface area contributed by atoms with E-state index in [0.717, 1.165) is 18.5 Å². The van der Waals surface area contributed by atoms with Crippen LogP contribution in [0.4, 0.5) is 4.39 Å². The minimum Gasteiger partial charge on any atom is -0.313 e. The molecule has 0 aliphatic carbocycles. The molecule has 0 fully saturated rings. The Bertz CT molecular complexity index is 553. The first-order chi connectivity index (χ1) is 9.11. The summed E-state index contributed by atoms with van der Waals surface area (Å²) in [5.74, 6) is -0.267. The molecular formula is C14H17ClFN3. The van der Waals surface area contributed by atoms with Gasteiger partial charge in [-0.1, -0.05) is 17.7 Å². The van der Waals surface area contributed by atoms with Crippen molar-refractivity contribution in [1.29, 1.82) is 0 Å². The summed E-state index contributed by atoms with van der Waals surface area (Å²) < 4.78 is 15.7. The van der Waals surface area contributed by atoms with E-state index in [0.29, 0.717) is 10.6 Å². The van der Waals surface area contributed by atoms with Crippen molar-refractivity contribution in [1.82, 2.24) is 15.1 Å². The molecule has 1 heterocycles. The fourth-order valence-electron chi connectivity index (χ4n) is 2.18. The van der Waals surface area contributed by atoms with Crippen molar-refractivity contribution >= 4 is 11.6 Å². The van der Waals surface area contributed by atoms with Crippen LogP contribution in [0.25, 0.3) is 0 Å². The van der Waals surface area contributed by atoms with Crippen LogP contribution < -0.4 is 5.32 Å². The minimum absolute atomic E-state index is 0.0350. The Hall–Kier alpha value is -1.39. The van der Waals surface area contributed by atoms with E-state index >= 15 is 0 Å². The first-order valence-corrected chi connectivity index (χ1v) is 6.58. The number of hydrogen-bond donors (Lipinski definition) is 1. The van der Waals surface area contributed by atoms with Crippen molar-refractivity contribution in [2.45, 2.75) is 18.9 Å². The predicted molar refractivity (Wildman–Crippen MR) is 74.7 cm³/mol. The van der Waals surface area contributed by atoms with E-state index in [4.69, 9.17) is 11.6 Å². The molecule has 0 aliphatic rings. The van der Waals surface area contributed by atoms with Crippen LogP contribution in [0.1, 0.15) is 23.7 Å². The Balaban J connectivity index is 2.10. The molecule has 0 saturated heterocycles. The van der Waals surface area contributed by atoms with Gasteiger partial charge < -0.3 is 5.32 Å². The minimum atomic E-state index is -0.267. The first kappa shape index (κ1) is 14.0. The third-order valence-corrected chi connectivity index (χ3v) is 3.53. The molecule has 2 rings (SSSR count). The molecule has 1 unspecified atom stereocenters. The highest BCUT2D eigenvalue weighted by atomic mass is 35.5. The van der Waals surface area contributed by atoms with Gasteiger partial charge >= 0.3 is 0 Å². The predicted octanol–water partition coefficient (Wildman–Crippen LogP) is 3.11. The van der Waals surface area contributed by atoms with Crippen molar-refractivity contribution in [2.24, 2.45) is 7.05 Å². The van der Waals surface area contributed by atoms with Crippen LogP contribution in [0.5, 0.6) is 0 Å². The van der Waals surface area contributed by atoms with Crippen LogP contribution >= 0.6 is 11.6 Å². The van der Waals surface area contributed by atoms with Crippen LogP contribution in [0.2, 0.25) is 5.02 Å². The average Bonchev–Trinajstić information content (AvgIpc) is 2.78. The van der Waals surface area contributed by atoms with Gasteiger partial charge in [0.25, 0.3) is 0 Å². The molecule has 0 spiro atoms. The summed E-state index contributed by atoms with van der Waals surface area (Å²) >= 11 is 5.77. The second kappa shape index (κ2) is 6.17. The van der Waals surface area contributed by atoms with Crippen LogP contribution in [-0.2, 0) is 13.5 Å². The van der Waals surface area contributed by atoms with Crippen LogP contribution in [0, 0.1) is 5.82 Å². The molecule has 3 nitrogen and oxygen atoms in total. The maximum atomic E-state index is 13.9. The number of nitrogens with one attached hydrogen (secondary N) is 1. The Morgan fingerprint density at radius 2 is 2.21 bits per heavy atom. The van der Waals surface area contributed by atoms with E-state index in [1.54, 1.807) is 18.3 Å². The molecule has 1 aromatic heterocycles. The van der Waals surface area contributed by atoms with Gasteiger partial charge in [0.2, 0.25) is 0 Å². The maximum absolute atomic E-state index is 13.9. The second-order valence-corrected chi connectivity index (χ2v) is 4.93. The molecule has 1 atom stereocenters. The SMILES string of the molecule is CNC(CCc1ccnn1C)c1ccc(Cl)cc1F. The van der Waals surface area contributed by atoms with E-state index in [2.05, 4.69) is 10.4 Å². The summed E-state index contributed by atoms with van der Waals surface area (Å²) in [6.45, 7) is 0. The zero-order chi connectivity index (χ0) is 13.8. The van der Waals surface area contributed by atoms with Gasteiger partial charge in [-0.2, -0.15) is 5.10 Å². The zero-order valence-electron chi connectivity index (χ0n) is 11.0. The molecule has 5 heteroatoms. The van der Waals surface area contributed by atoms with E-state index in [1.807, 2.05) is 24.8 Å². The number of hydrogen-bond acceptors (Lipinski definition) is 2. The highest BCUT2D eigenvalue weighted by molar-refractivity contribution is 6.30. The van der Waals surface area contributed by atoms with Crippen LogP contribution in [0.15, 0.2) is 30.5 Å². The molecule has 0 radical (unpaired) electrons. The number of rotatable bonds is 5. The quantitative estimate of drug-likeness (QED) is 0.913. The molecule has 0 saturated carbocycles. The Labute approximate surface area is 117 Å². The molecule has 0 bridgehead atoms. The summed E-state index contributed by atoms with van der Waals surface area (Å²) in [5.41, 5.74) is 1.78. The lowest BCUT2D eigenvalue weighted by Gasteiger charge is -2.17. The molecule has 1 aromatic carbocycles. The lowest BCUT2D eigenvalue weighted by atomic mass is 10.0. The second-order valence-electron chi connectivity index (χ2n) is 4.49. The van der Waals surface area contributed by atoms with Gasteiger partial charge in [-0.25, -0.2) is 4.39 Å². The number of nitrogens with zero attached hydrogens (tertiary/aromatic N) is 2. The van der Waals surface area contributed by atoms with Crippen molar-refractivity contribution in [3.8, 4) is 0 Å². The largest absolute Gasteiger partial charge is 0.313 e. The Kier molecular flexibility index (Phi) is 4.56. The van der Waals surface area contributed by atoms with Gasteiger partial charge in [-0.05, 0) is 38.1 Å². The van der Waals surface area contributed by atoms with Gasteiger partial charge in [0, 0.05) is 35.6 Å². The maximum Gasteiger partial charge on any atom is 0.129 e. The van der Waals surface area contributed by atoms with Crippen molar-refractivity contribution in [3.05, 3.63) is 52.6 Å². The summed E-state index contributed by atoms with van der Waals surface area (Å²) in [4.78, 5) is 0. The van der Waals surface area contributed by atoms with E-state index in [-0.39, 0.29) is 11.9 Å². The van der Waals surface area contributed by atoms with Gasteiger partial charge in [-0.15, -0.1) is 0 Å². The van der Waals surface area contributed by atoms with Gasteiger partial charge in [0.1, 0.15) is 5.82 Å². The third-order valence-electron chi connectivity index (χ3n) is 3.30. The van der Waals surface area contributed by atoms with Crippen LogP contribution in [-0.4, -0.2) is 16.8 Å². The number of aryl methyl sites for hydroxylation is 2. The summed E-state index contributed by atoms with van der Waals surface area (Å²) in [6, 6.07) is 6.75. The lowest BCUT2D eigenvalue weighted by molar-refractivity contribution is 0.501. The first-order valence-electron chi connectivity index (χ1n) is 6.21. The van der Waals surface area contributed by atoms with Crippen LogP contribution in [0.3, 0.4) is 0 Å². The van der Waals surface area contributed by atoms with Gasteiger partial charge in [0.15, 0.2) is 0 Å². The molecule has 1 N–H and O–H groups in total. The summed E-state index contributed by atoms with van der Waals surface area (Å²) in [7, 11) is 3.74. The summed E-state index contributed by atoms with van der Waals surface area (Å²) in [5, 5.41) is 7.69. The van der Waals surface area contributed by atoms with Crippen molar-refractivity contribution in [2.75, 3.05) is 7.05 Å². The molecular weight excluding hydrogens is 265 g/mol. The molecule has 0 amide bonds.